The molecule has 2 N–H and O–H groups in total. The van der Waals surface area contributed by atoms with Crippen LogP contribution >= 0.6 is 0 Å². The molecule has 2 heterocycles. The van der Waals surface area contributed by atoms with E-state index in [1.807, 2.05) is 24.3 Å². The first-order valence-corrected chi connectivity index (χ1v) is 7.65. The zero-order chi connectivity index (χ0) is 17.6. The molecule has 0 saturated carbocycles. The number of hydrogen-bond donors (Lipinski definition) is 2. The topological polar surface area (TPSA) is 107 Å². The number of amides is 2. The summed E-state index contributed by atoms with van der Waals surface area (Å²) >= 11 is 0. The highest BCUT2D eigenvalue weighted by Gasteiger charge is 2.12. The fourth-order valence-corrected chi connectivity index (χ4v) is 2.16. The monoisotopic (exact) mass is 342 g/mol. The fraction of sp³-hybridized carbons (Fsp3) is 0.250. The Bertz CT molecular complexity index is 840. The molecular weight excluding hydrogens is 324 g/mol. The number of nitrogens with one attached hydrogen (secondary N) is 2. The second-order valence-electron chi connectivity index (χ2n) is 5.27. The van der Waals surface area contributed by atoms with E-state index < -0.39 is 6.03 Å². The number of methoxy groups -OCH3 is 1. The number of hydrogen-bond acceptors (Lipinski definition) is 6. The van der Waals surface area contributed by atoms with Crippen LogP contribution < -0.4 is 15.4 Å². The van der Waals surface area contributed by atoms with Gasteiger partial charge in [0.2, 0.25) is 0 Å². The van der Waals surface area contributed by atoms with Crippen LogP contribution in [0.15, 0.2) is 40.9 Å². The molecule has 2 amide bonds. The number of carbonyl (C=O) groups excluding carboxylic acids is 1. The van der Waals surface area contributed by atoms with Crippen molar-refractivity contribution in [1.82, 2.24) is 25.3 Å². The lowest BCUT2D eigenvalue weighted by Crippen LogP contribution is -2.30. The van der Waals surface area contributed by atoms with E-state index in [1.165, 1.54) is 0 Å². The second-order valence-corrected chi connectivity index (χ2v) is 5.27. The summed E-state index contributed by atoms with van der Waals surface area (Å²) in [6.45, 7) is 0.472. The number of nitrogens with zero attached hydrogens (tertiary/aromatic N) is 4. The van der Waals surface area contributed by atoms with Crippen molar-refractivity contribution < 1.29 is 13.9 Å². The lowest BCUT2D eigenvalue weighted by molar-refractivity contribution is 0.251. The summed E-state index contributed by atoms with van der Waals surface area (Å²) in [5, 5.41) is 17.0. The van der Waals surface area contributed by atoms with Crippen molar-refractivity contribution in [3.63, 3.8) is 0 Å². The van der Waals surface area contributed by atoms with Gasteiger partial charge in [0.1, 0.15) is 11.4 Å². The Balaban J connectivity index is 1.47. The zero-order valence-electron chi connectivity index (χ0n) is 13.9. The quantitative estimate of drug-likeness (QED) is 0.708. The van der Waals surface area contributed by atoms with Crippen molar-refractivity contribution in [2.75, 3.05) is 19.0 Å². The van der Waals surface area contributed by atoms with E-state index in [4.69, 9.17) is 9.15 Å². The number of urea groups is 1. The molecule has 0 spiro atoms. The van der Waals surface area contributed by atoms with Crippen molar-refractivity contribution in [1.29, 1.82) is 0 Å². The molecular formula is C16H18N6O3. The van der Waals surface area contributed by atoms with Gasteiger partial charge in [-0.25, -0.2) is 4.79 Å². The molecule has 2 aromatic heterocycles. The molecule has 130 valence electrons. The summed E-state index contributed by atoms with van der Waals surface area (Å²) in [6.07, 6.45) is 2.46. The molecule has 0 atom stereocenters. The van der Waals surface area contributed by atoms with Crippen LogP contribution in [0.2, 0.25) is 0 Å². The van der Waals surface area contributed by atoms with E-state index >= 15 is 0 Å². The van der Waals surface area contributed by atoms with Crippen LogP contribution in [-0.2, 0) is 13.5 Å². The second kappa shape index (κ2) is 7.47. The summed E-state index contributed by atoms with van der Waals surface area (Å²) in [4.78, 5) is 11.9. The van der Waals surface area contributed by atoms with Crippen LogP contribution in [0.25, 0.3) is 11.6 Å². The first-order chi connectivity index (χ1) is 12.1. The molecule has 9 nitrogen and oxygen atoms in total. The van der Waals surface area contributed by atoms with Crippen molar-refractivity contribution >= 4 is 12.0 Å². The first-order valence-electron chi connectivity index (χ1n) is 7.65. The molecule has 3 rings (SSSR count). The number of aromatic nitrogens is 4. The number of aryl methyl sites for hydroxylation is 1. The third-order valence-corrected chi connectivity index (χ3v) is 3.44. The minimum Gasteiger partial charge on any atom is -0.497 e. The number of anilines is 1. The lowest BCUT2D eigenvalue weighted by atomic mass is 10.1. The molecule has 0 radical (unpaired) electrons. The maximum Gasteiger partial charge on any atom is 0.324 e. The molecule has 3 aromatic rings. The summed E-state index contributed by atoms with van der Waals surface area (Å²) in [5.74, 6) is 1.05. The van der Waals surface area contributed by atoms with Gasteiger partial charge >= 0.3 is 12.0 Å². The summed E-state index contributed by atoms with van der Waals surface area (Å²) in [7, 11) is 3.41. The Hall–Kier alpha value is -3.36. The average Bonchev–Trinajstić information content (AvgIpc) is 3.24. The summed E-state index contributed by atoms with van der Waals surface area (Å²) < 4.78 is 12.1. The van der Waals surface area contributed by atoms with E-state index in [2.05, 4.69) is 25.9 Å². The van der Waals surface area contributed by atoms with Gasteiger partial charge in [-0.05, 0) is 30.2 Å². The van der Waals surface area contributed by atoms with Gasteiger partial charge in [-0.3, -0.25) is 10.00 Å². The number of benzene rings is 1. The Labute approximate surface area is 144 Å². The van der Waals surface area contributed by atoms with Crippen LogP contribution in [0.3, 0.4) is 0 Å². The van der Waals surface area contributed by atoms with Crippen molar-refractivity contribution in [2.45, 2.75) is 6.42 Å². The van der Waals surface area contributed by atoms with E-state index in [1.54, 1.807) is 31.1 Å². The van der Waals surface area contributed by atoms with E-state index in [-0.39, 0.29) is 11.9 Å². The summed E-state index contributed by atoms with van der Waals surface area (Å²) in [6, 6.07) is 9.02. The Kier molecular flexibility index (Phi) is 4.93. The van der Waals surface area contributed by atoms with Gasteiger partial charge < -0.3 is 14.5 Å². The smallest absolute Gasteiger partial charge is 0.324 e. The number of ether oxygens (including phenoxy) is 1. The first kappa shape index (κ1) is 16.5. The van der Waals surface area contributed by atoms with Crippen LogP contribution in [0.1, 0.15) is 5.56 Å². The molecule has 25 heavy (non-hydrogen) atoms. The molecule has 0 fully saturated rings. The lowest BCUT2D eigenvalue weighted by Gasteiger charge is -2.05. The van der Waals surface area contributed by atoms with Gasteiger partial charge in [0.15, 0.2) is 0 Å². The van der Waals surface area contributed by atoms with Crippen molar-refractivity contribution in [2.24, 2.45) is 7.05 Å². The van der Waals surface area contributed by atoms with Crippen molar-refractivity contribution in [3.8, 4) is 17.3 Å². The molecule has 0 unspecified atom stereocenters. The Morgan fingerprint density at radius 3 is 2.72 bits per heavy atom. The molecule has 0 aliphatic heterocycles. The largest absolute Gasteiger partial charge is 0.497 e. The maximum absolute atomic E-state index is 11.9. The Morgan fingerprint density at radius 1 is 1.24 bits per heavy atom. The highest BCUT2D eigenvalue weighted by atomic mass is 16.5. The number of carbonyl (C=O) groups is 1. The van der Waals surface area contributed by atoms with Crippen molar-refractivity contribution in [3.05, 3.63) is 42.1 Å². The highest BCUT2D eigenvalue weighted by molar-refractivity contribution is 5.86. The normalized spacial score (nSPS) is 10.5. The van der Waals surface area contributed by atoms with Gasteiger partial charge in [-0.15, -0.1) is 5.10 Å². The Morgan fingerprint density at radius 2 is 2.04 bits per heavy atom. The van der Waals surface area contributed by atoms with Gasteiger partial charge in [-0.1, -0.05) is 17.2 Å². The van der Waals surface area contributed by atoms with E-state index in [9.17, 15) is 4.79 Å². The van der Waals surface area contributed by atoms with Gasteiger partial charge in [0.05, 0.1) is 7.11 Å². The predicted molar refractivity (Wildman–Crippen MR) is 90.2 cm³/mol. The SMILES string of the molecule is COc1ccc(CCNC(=O)Nc2nnc(-c3ccn(C)n3)o2)cc1. The third-order valence-electron chi connectivity index (χ3n) is 3.44. The zero-order valence-corrected chi connectivity index (χ0v) is 13.9. The third kappa shape index (κ3) is 4.34. The molecule has 0 saturated heterocycles. The van der Waals surface area contributed by atoms with Crippen LogP contribution in [0.4, 0.5) is 10.8 Å². The van der Waals surface area contributed by atoms with Crippen LogP contribution in [-0.4, -0.2) is 39.7 Å². The van der Waals surface area contributed by atoms with E-state index in [0.29, 0.717) is 18.7 Å². The molecule has 0 aliphatic carbocycles. The van der Waals surface area contributed by atoms with Crippen LogP contribution in [0, 0.1) is 0 Å². The average molecular weight is 342 g/mol. The van der Waals surface area contributed by atoms with Gasteiger partial charge in [0, 0.05) is 19.8 Å². The molecule has 1 aromatic carbocycles. The molecule has 0 bridgehead atoms. The van der Waals surface area contributed by atoms with E-state index in [0.717, 1.165) is 11.3 Å². The predicted octanol–water partition coefficient (Wildman–Crippen LogP) is 1.84. The minimum absolute atomic E-state index is 0.0163. The molecule has 9 heteroatoms. The maximum atomic E-state index is 11.9. The highest BCUT2D eigenvalue weighted by Crippen LogP contribution is 2.17. The van der Waals surface area contributed by atoms with Gasteiger partial charge in [0.25, 0.3) is 5.89 Å². The molecule has 0 aliphatic rings. The number of rotatable bonds is 6. The fourth-order valence-electron chi connectivity index (χ4n) is 2.16. The van der Waals surface area contributed by atoms with Gasteiger partial charge in [-0.2, -0.15) is 5.10 Å². The summed E-state index contributed by atoms with van der Waals surface area (Å²) in [5.41, 5.74) is 1.64. The minimum atomic E-state index is -0.412. The standard InChI is InChI=1S/C16H18N6O3/c1-22-10-8-13(21-22)14-19-20-16(25-14)18-15(23)17-9-7-11-3-5-12(24-2)6-4-11/h3-6,8,10H,7,9H2,1-2H3,(H2,17,18,20,23). The van der Waals surface area contributed by atoms with Crippen LogP contribution in [0.5, 0.6) is 5.75 Å².